The fourth-order valence-electron chi connectivity index (χ4n) is 10.2. The van der Waals surface area contributed by atoms with Gasteiger partial charge in [0.05, 0.1) is 27.8 Å². The van der Waals surface area contributed by atoms with Gasteiger partial charge >= 0.3 is 0 Å². The van der Waals surface area contributed by atoms with E-state index in [4.69, 9.17) is 0 Å². The molecule has 0 saturated carbocycles. The molecule has 0 saturated heterocycles. The first-order chi connectivity index (χ1) is 28.1. The van der Waals surface area contributed by atoms with Crippen molar-refractivity contribution in [3.05, 3.63) is 179 Å². The molecule has 10 aromatic rings. The van der Waals surface area contributed by atoms with Crippen molar-refractivity contribution in [3.63, 3.8) is 0 Å². The minimum Gasteiger partial charge on any atom is -0.309 e. The highest BCUT2D eigenvalue weighted by atomic mass is 32.1. The largest absolute Gasteiger partial charge is 0.309 e. The van der Waals surface area contributed by atoms with E-state index in [1.807, 2.05) is 11.3 Å². The van der Waals surface area contributed by atoms with E-state index in [2.05, 4.69) is 193 Å². The van der Waals surface area contributed by atoms with Crippen LogP contribution in [-0.4, -0.2) is 9.13 Å². The molecule has 0 spiro atoms. The van der Waals surface area contributed by atoms with Crippen LogP contribution >= 0.6 is 11.3 Å². The number of nitrogens with zero attached hydrogens (tertiary/aromatic N) is 2. The van der Waals surface area contributed by atoms with Crippen LogP contribution in [0.5, 0.6) is 0 Å². The zero-order chi connectivity index (χ0) is 37.8. The highest BCUT2D eigenvalue weighted by molar-refractivity contribution is 7.20. The van der Waals surface area contributed by atoms with Gasteiger partial charge in [-0.2, -0.15) is 0 Å². The maximum Gasteiger partial charge on any atom is 0.0547 e. The maximum atomic E-state index is 2.52. The first kappa shape index (κ1) is 32.8. The van der Waals surface area contributed by atoms with Crippen molar-refractivity contribution in [2.24, 2.45) is 0 Å². The molecular formula is C54H40N2S. The molecule has 12 rings (SSSR count). The lowest BCUT2D eigenvalue weighted by Gasteiger charge is -2.26. The first-order valence-corrected chi connectivity index (χ1v) is 21.1. The number of para-hydroxylation sites is 3. The van der Waals surface area contributed by atoms with E-state index in [0.717, 1.165) is 12.8 Å². The Hall–Kier alpha value is -6.42. The summed E-state index contributed by atoms with van der Waals surface area (Å²) < 4.78 is 6.35. The third-order valence-corrected chi connectivity index (χ3v) is 14.0. The van der Waals surface area contributed by atoms with Gasteiger partial charge in [-0.3, -0.25) is 0 Å². The molecule has 0 aliphatic heterocycles. The monoisotopic (exact) mass is 748 g/mol. The molecule has 0 fully saturated rings. The van der Waals surface area contributed by atoms with Crippen LogP contribution in [0, 0.1) is 0 Å². The van der Waals surface area contributed by atoms with Crippen molar-refractivity contribution in [2.45, 2.75) is 38.5 Å². The summed E-state index contributed by atoms with van der Waals surface area (Å²) in [6, 6.07) is 54.3. The Balaban J connectivity index is 1.05. The van der Waals surface area contributed by atoms with Crippen molar-refractivity contribution in [1.29, 1.82) is 0 Å². The Labute approximate surface area is 336 Å². The lowest BCUT2D eigenvalue weighted by molar-refractivity contribution is 0.772. The summed E-state index contributed by atoms with van der Waals surface area (Å²) in [4.78, 5) is 1.43. The van der Waals surface area contributed by atoms with Gasteiger partial charge < -0.3 is 9.13 Å². The molecule has 2 nitrogen and oxygen atoms in total. The topological polar surface area (TPSA) is 9.86 Å². The van der Waals surface area contributed by atoms with Crippen LogP contribution in [0.1, 0.15) is 60.1 Å². The summed E-state index contributed by atoms with van der Waals surface area (Å²) in [5.41, 5.74) is 16.8. The minimum absolute atomic E-state index is 0.407. The SMILES string of the molecule is CC1CC=Cc2c(-n3c4ccccc4c4cc(-c5ccc6c7ccccc7n(-c7ccccc7)c6c5)ccc43)ccc(-c3cccc4c5c(sc34)C=CCC5C)c21. The minimum atomic E-state index is 0.407. The molecule has 0 amide bonds. The second-order valence-electron chi connectivity index (χ2n) is 16.1. The third-order valence-electron chi connectivity index (χ3n) is 12.8. The molecule has 0 radical (unpaired) electrons. The molecule has 3 heterocycles. The van der Waals surface area contributed by atoms with Crippen LogP contribution in [-0.2, 0) is 0 Å². The summed E-state index contributed by atoms with van der Waals surface area (Å²) in [6.45, 7) is 4.79. The molecule has 7 aromatic carbocycles. The van der Waals surface area contributed by atoms with Gasteiger partial charge in [0.25, 0.3) is 0 Å². The molecule has 3 heteroatoms. The lowest BCUT2D eigenvalue weighted by Crippen LogP contribution is -2.08. The van der Waals surface area contributed by atoms with E-state index < -0.39 is 0 Å². The predicted molar refractivity (Wildman–Crippen MR) is 246 cm³/mol. The van der Waals surface area contributed by atoms with E-state index in [9.17, 15) is 0 Å². The average Bonchev–Trinajstić information content (AvgIpc) is 3.92. The Morgan fingerprint density at radius 3 is 1.96 bits per heavy atom. The quantitative estimate of drug-likeness (QED) is 0.170. The second-order valence-corrected chi connectivity index (χ2v) is 17.2. The van der Waals surface area contributed by atoms with E-state index in [-0.39, 0.29) is 0 Å². The summed E-state index contributed by atoms with van der Waals surface area (Å²) in [5, 5.41) is 6.52. The number of aromatic nitrogens is 2. The zero-order valence-corrected chi connectivity index (χ0v) is 32.9. The van der Waals surface area contributed by atoms with Crippen molar-refractivity contribution in [3.8, 4) is 33.6 Å². The van der Waals surface area contributed by atoms with E-state index in [1.54, 1.807) is 0 Å². The Kier molecular flexibility index (Phi) is 7.22. The van der Waals surface area contributed by atoms with Crippen LogP contribution in [0.15, 0.2) is 158 Å². The van der Waals surface area contributed by atoms with E-state index >= 15 is 0 Å². The van der Waals surface area contributed by atoms with Gasteiger partial charge in [0.15, 0.2) is 0 Å². The number of allylic oxidation sites excluding steroid dienone is 2. The summed E-state index contributed by atoms with van der Waals surface area (Å²) >= 11 is 1.97. The van der Waals surface area contributed by atoms with Crippen molar-refractivity contribution >= 4 is 77.2 Å². The fourth-order valence-corrected chi connectivity index (χ4v) is 11.6. The smallest absolute Gasteiger partial charge is 0.0547 e. The van der Waals surface area contributed by atoms with Crippen molar-refractivity contribution < 1.29 is 0 Å². The van der Waals surface area contributed by atoms with Gasteiger partial charge in [-0.1, -0.05) is 129 Å². The number of rotatable bonds is 4. The normalized spacial score (nSPS) is 16.3. The van der Waals surface area contributed by atoms with Crippen LogP contribution in [0.2, 0.25) is 0 Å². The number of hydrogen-bond donors (Lipinski definition) is 0. The molecule has 2 unspecified atom stereocenters. The number of thiophene rings is 1. The van der Waals surface area contributed by atoms with Crippen LogP contribution in [0.3, 0.4) is 0 Å². The molecule has 2 aliphatic rings. The fraction of sp³-hybridized carbons (Fsp3) is 0.111. The Morgan fingerprint density at radius 2 is 1.12 bits per heavy atom. The molecule has 2 aliphatic carbocycles. The summed E-state index contributed by atoms with van der Waals surface area (Å²) in [7, 11) is 0. The molecule has 0 N–H and O–H groups in total. The summed E-state index contributed by atoms with van der Waals surface area (Å²) in [6.07, 6.45) is 11.6. The number of fused-ring (bicyclic) bond motifs is 10. The third kappa shape index (κ3) is 4.82. The highest BCUT2D eigenvalue weighted by Gasteiger charge is 2.26. The number of benzene rings is 7. The van der Waals surface area contributed by atoms with Gasteiger partial charge in [0.2, 0.25) is 0 Å². The molecule has 0 bridgehead atoms. The standard InChI is InChI=1S/C54H40N2S/c1-33-13-10-20-43-48(30-28-41(52(33)43)42-19-12-21-44-53-34(2)14-11-24-51(53)57-54(42)44)56-47-23-9-7-18-39(47)45-31-35(26-29-49(45)56)36-25-27-40-38-17-6-8-22-46(38)55(50(40)32-36)37-15-4-3-5-16-37/h3-12,15-34H,13-14H2,1-2H3. The second kappa shape index (κ2) is 12.5. The van der Waals surface area contributed by atoms with E-state index in [0.29, 0.717) is 11.8 Å². The van der Waals surface area contributed by atoms with Gasteiger partial charge in [-0.05, 0) is 118 Å². The van der Waals surface area contributed by atoms with Crippen LogP contribution < -0.4 is 0 Å². The van der Waals surface area contributed by atoms with E-state index in [1.165, 1.54) is 109 Å². The highest BCUT2D eigenvalue weighted by Crippen LogP contribution is 2.49. The van der Waals surface area contributed by atoms with Gasteiger partial charge in [-0.15, -0.1) is 11.3 Å². The maximum absolute atomic E-state index is 2.52. The lowest BCUT2D eigenvalue weighted by atomic mass is 9.81. The van der Waals surface area contributed by atoms with Crippen molar-refractivity contribution in [2.75, 3.05) is 0 Å². The van der Waals surface area contributed by atoms with Crippen LogP contribution in [0.4, 0.5) is 0 Å². The van der Waals surface area contributed by atoms with Gasteiger partial charge in [0, 0.05) is 42.4 Å². The Bertz CT molecular complexity index is 3330. The average molecular weight is 749 g/mol. The molecule has 3 aromatic heterocycles. The molecule has 272 valence electrons. The molecular weight excluding hydrogens is 709 g/mol. The summed E-state index contributed by atoms with van der Waals surface area (Å²) in [5.74, 6) is 0.955. The Morgan fingerprint density at radius 1 is 0.474 bits per heavy atom. The predicted octanol–water partition coefficient (Wildman–Crippen LogP) is 15.5. The zero-order valence-electron chi connectivity index (χ0n) is 32.0. The first-order valence-electron chi connectivity index (χ1n) is 20.3. The van der Waals surface area contributed by atoms with Gasteiger partial charge in [-0.25, -0.2) is 0 Å². The molecule has 57 heavy (non-hydrogen) atoms. The van der Waals surface area contributed by atoms with Gasteiger partial charge in [0.1, 0.15) is 0 Å². The van der Waals surface area contributed by atoms with Crippen molar-refractivity contribution in [1.82, 2.24) is 9.13 Å². The molecule has 2 atom stereocenters. The van der Waals surface area contributed by atoms with Crippen LogP contribution in [0.25, 0.3) is 99.5 Å². The number of hydrogen-bond acceptors (Lipinski definition) is 1.